The molecule has 1 aromatic heterocycles. The van der Waals surface area contributed by atoms with E-state index in [2.05, 4.69) is 17.2 Å². The molecule has 0 bridgehead atoms. The molecular formula is C26H17Cl2N5O. The molecule has 1 heterocycles. The quantitative estimate of drug-likeness (QED) is 0.324. The molecular weight excluding hydrogens is 469 g/mol. The molecule has 0 unspecified atom stereocenters. The van der Waals surface area contributed by atoms with E-state index >= 15 is 0 Å². The standard InChI is InChI=1S/C26H17Cl2N5O/c27-20-12-18(25(23(28)13-20)34-16-17-7-3-1-4-8-17)11-19(14-29)24-22(15-30)26(31)33(32-24)21-9-5-2-6-10-21/h1-13H,16,31H2/b19-11+. The largest absolute Gasteiger partial charge is 0.487 e. The minimum absolute atomic E-state index is 0.0940. The first-order chi connectivity index (χ1) is 16.5. The first-order valence-electron chi connectivity index (χ1n) is 10.1. The zero-order valence-electron chi connectivity index (χ0n) is 17.7. The van der Waals surface area contributed by atoms with Gasteiger partial charge < -0.3 is 10.5 Å². The average molecular weight is 486 g/mol. The van der Waals surface area contributed by atoms with Crippen molar-refractivity contribution in [2.45, 2.75) is 6.61 Å². The number of anilines is 1. The fourth-order valence-electron chi connectivity index (χ4n) is 3.37. The van der Waals surface area contributed by atoms with E-state index in [9.17, 15) is 10.5 Å². The van der Waals surface area contributed by atoms with Crippen LogP contribution in [-0.4, -0.2) is 9.78 Å². The molecule has 166 valence electrons. The van der Waals surface area contributed by atoms with E-state index < -0.39 is 0 Å². The van der Waals surface area contributed by atoms with Gasteiger partial charge in [0.15, 0.2) is 0 Å². The Morgan fingerprint density at radius 2 is 1.71 bits per heavy atom. The zero-order valence-corrected chi connectivity index (χ0v) is 19.3. The van der Waals surface area contributed by atoms with Gasteiger partial charge in [-0.2, -0.15) is 15.6 Å². The predicted molar refractivity (Wildman–Crippen MR) is 133 cm³/mol. The third kappa shape index (κ3) is 4.74. The number of hydrogen-bond donors (Lipinski definition) is 1. The summed E-state index contributed by atoms with van der Waals surface area (Å²) >= 11 is 12.7. The number of rotatable bonds is 6. The summed E-state index contributed by atoms with van der Waals surface area (Å²) in [4.78, 5) is 0. The number of nitrogen functional groups attached to an aromatic ring is 1. The van der Waals surface area contributed by atoms with Gasteiger partial charge in [-0.3, -0.25) is 0 Å². The molecule has 4 rings (SSSR count). The Labute approximate surface area is 206 Å². The molecule has 0 fully saturated rings. The van der Waals surface area contributed by atoms with Crippen molar-refractivity contribution in [2.75, 3.05) is 5.73 Å². The number of ether oxygens (including phenoxy) is 1. The highest BCUT2D eigenvalue weighted by atomic mass is 35.5. The zero-order chi connectivity index (χ0) is 24.1. The van der Waals surface area contributed by atoms with Crippen molar-refractivity contribution in [2.24, 2.45) is 0 Å². The first-order valence-corrected chi connectivity index (χ1v) is 10.9. The van der Waals surface area contributed by atoms with Crippen LogP contribution in [-0.2, 0) is 6.61 Å². The fourth-order valence-corrected chi connectivity index (χ4v) is 3.94. The number of halogens is 2. The maximum absolute atomic E-state index is 9.94. The van der Waals surface area contributed by atoms with Crippen molar-refractivity contribution in [1.29, 1.82) is 10.5 Å². The molecule has 0 aliphatic rings. The normalized spacial score (nSPS) is 11.0. The third-order valence-corrected chi connectivity index (χ3v) is 5.47. The number of nitriles is 2. The van der Waals surface area contributed by atoms with E-state index in [1.54, 1.807) is 24.3 Å². The molecule has 0 saturated heterocycles. The average Bonchev–Trinajstić information content (AvgIpc) is 3.18. The van der Waals surface area contributed by atoms with Gasteiger partial charge in [0.2, 0.25) is 0 Å². The Hall–Kier alpha value is -4.23. The SMILES string of the molecule is N#C/C(=C\c1cc(Cl)cc(Cl)c1OCc1ccccc1)c1nn(-c2ccccc2)c(N)c1C#N. The van der Waals surface area contributed by atoms with Crippen molar-refractivity contribution in [1.82, 2.24) is 9.78 Å². The van der Waals surface area contributed by atoms with Crippen LogP contribution in [0, 0.1) is 22.7 Å². The summed E-state index contributed by atoms with van der Waals surface area (Å²) in [5.41, 5.74) is 8.64. The number of nitrogens with two attached hydrogens (primary N) is 1. The molecule has 8 heteroatoms. The first kappa shape index (κ1) is 22.9. The molecule has 4 aromatic rings. The molecule has 34 heavy (non-hydrogen) atoms. The highest BCUT2D eigenvalue weighted by Crippen LogP contribution is 2.36. The Bertz CT molecular complexity index is 1450. The lowest BCUT2D eigenvalue weighted by Crippen LogP contribution is -2.02. The molecule has 2 N–H and O–H groups in total. The van der Waals surface area contributed by atoms with Crippen molar-refractivity contribution < 1.29 is 4.74 Å². The topological polar surface area (TPSA) is 101 Å². The molecule has 6 nitrogen and oxygen atoms in total. The van der Waals surface area contributed by atoms with Gasteiger partial charge in [0.05, 0.1) is 16.3 Å². The molecule has 0 spiro atoms. The van der Waals surface area contributed by atoms with E-state index in [1.165, 1.54) is 10.8 Å². The van der Waals surface area contributed by atoms with E-state index in [4.69, 9.17) is 33.7 Å². The van der Waals surface area contributed by atoms with E-state index in [1.807, 2.05) is 48.5 Å². The Kier molecular flexibility index (Phi) is 6.85. The van der Waals surface area contributed by atoms with Gasteiger partial charge in [0.25, 0.3) is 0 Å². The van der Waals surface area contributed by atoms with Crippen molar-refractivity contribution in [3.63, 3.8) is 0 Å². The van der Waals surface area contributed by atoms with Gasteiger partial charge in [0.1, 0.15) is 41.6 Å². The summed E-state index contributed by atoms with van der Waals surface area (Å²) in [5.74, 6) is 0.492. The minimum atomic E-state index is 0.0940. The van der Waals surface area contributed by atoms with Gasteiger partial charge >= 0.3 is 0 Å². The minimum Gasteiger partial charge on any atom is -0.487 e. The highest BCUT2D eigenvalue weighted by molar-refractivity contribution is 6.36. The van der Waals surface area contributed by atoms with Gasteiger partial charge in [-0.15, -0.1) is 0 Å². The second-order valence-corrected chi connectivity index (χ2v) is 8.06. The second kappa shape index (κ2) is 10.1. The Morgan fingerprint density at radius 1 is 1.03 bits per heavy atom. The van der Waals surface area contributed by atoms with Crippen molar-refractivity contribution in [3.8, 4) is 23.6 Å². The summed E-state index contributed by atoms with van der Waals surface area (Å²) in [6.45, 7) is 0.268. The molecule has 0 aliphatic heterocycles. The summed E-state index contributed by atoms with van der Waals surface area (Å²) in [6.07, 6.45) is 1.54. The lowest BCUT2D eigenvalue weighted by atomic mass is 10.1. The fraction of sp³-hybridized carbons (Fsp3) is 0.0385. The maximum Gasteiger partial charge on any atom is 0.145 e. The molecule has 3 aromatic carbocycles. The van der Waals surface area contributed by atoms with Crippen LogP contribution in [0.1, 0.15) is 22.4 Å². The third-order valence-electron chi connectivity index (χ3n) is 4.97. The maximum atomic E-state index is 9.94. The Balaban J connectivity index is 1.79. The van der Waals surface area contributed by atoms with Gasteiger partial charge in [-0.1, -0.05) is 71.7 Å². The molecule has 0 saturated carbocycles. The smallest absolute Gasteiger partial charge is 0.145 e. The van der Waals surface area contributed by atoms with Crippen LogP contribution >= 0.6 is 23.2 Å². The van der Waals surface area contributed by atoms with E-state index in [0.29, 0.717) is 27.0 Å². The number of hydrogen-bond acceptors (Lipinski definition) is 5. The number of allylic oxidation sites excluding steroid dienone is 1. The second-order valence-electron chi connectivity index (χ2n) is 7.22. The van der Waals surface area contributed by atoms with Gasteiger partial charge in [-0.05, 0) is 35.9 Å². The lowest BCUT2D eigenvalue weighted by molar-refractivity contribution is 0.306. The van der Waals surface area contributed by atoms with Gasteiger partial charge in [0, 0.05) is 10.6 Å². The highest BCUT2D eigenvalue weighted by Gasteiger charge is 2.21. The van der Waals surface area contributed by atoms with Gasteiger partial charge in [-0.25, -0.2) is 4.68 Å². The molecule has 0 amide bonds. The van der Waals surface area contributed by atoms with E-state index in [0.717, 1.165) is 5.56 Å². The lowest BCUT2D eigenvalue weighted by Gasteiger charge is -2.12. The number of nitrogens with zero attached hydrogens (tertiary/aromatic N) is 4. The van der Waals surface area contributed by atoms with Crippen LogP contribution in [0.25, 0.3) is 17.3 Å². The number of aromatic nitrogens is 2. The molecule has 0 atom stereocenters. The Morgan fingerprint density at radius 3 is 2.35 bits per heavy atom. The van der Waals surface area contributed by atoms with Crippen molar-refractivity contribution >= 4 is 40.7 Å². The monoisotopic (exact) mass is 485 g/mol. The summed E-state index contributed by atoms with van der Waals surface area (Å²) < 4.78 is 7.41. The van der Waals surface area contributed by atoms with E-state index in [-0.39, 0.29) is 29.3 Å². The van der Waals surface area contributed by atoms with Crippen LogP contribution < -0.4 is 10.5 Å². The summed E-state index contributed by atoms with van der Waals surface area (Å²) in [6, 6.07) is 26.1. The van der Waals surface area contributed by atoms with Crippen LogP contribution in [0.15, 0.2) is 72.8 Å². The van der Waals surface area contributed by atoms with Crippen LogP contribution in [0.5, 0.6) is 5.75 Å². The number of benzene rings is 3. The van der Waals surface area contributed by atoms with Crippen molar-refractivity contribution in [3.05, 3.63) is 105 Å². The van der Waals surface area contributed by atoms with Crippen LogP contribution in [0.4, 0.5) is 5.82 Å². The molecule has 0 radical (unpaired) electrons. The predicted octanol–water partition coefficient (Wildman–Crippen LogP) is 6.28. The summed E-state index contributed by atoms with van der Waals surface area (Å²) in [5, 5.41) is 24.8. The van der Waals surface area contributed by atoms with Crippen LogP contribution in [0.3, 0.4) is 0 Å². The molecule has 0 aliphatic carbocycles. The van der Waals surface area contributed by atoms with Crippen LogP contribution in [0.2, 0.25) is 10.0 Å². The summed E-state index contributed by atoms with van der Waals surface area (Å²) in [7, 11) is 0. The number of para-hydroxylation sites is 1.